The van der Waals surface area contributed by atoms with Crippen molar-refractivity contribution < 1.29 is 17.4 Å². The van der Waals surface area contributed by atoms with Gasteiger partial charge in [-0.3, -0.25) is 4.21 Å². The van der Waals surface area contributed by atoms with Crippen LogP contribution in [0, 0.1) is 0 Å². The summed E-state index contributed by atoms with van der Waals surface area (Å²) in [6.07, 6.45) is -4.44. The molecule has 9 heteroatoms. The average Bonchev–Trinajstić information content (AvgIpc) is 2.67. The molecule has 0 spiro atoms. The highest BCUT2D eigenvalue weighted by Crippen LogP contribution is 2.34. The lowest BCUT2D eigenvalue weighted by molar-refractivity contribution is -0.138. The van der Waals surface area contributed by atoms with E-state index in [2.05, 4.69) is 10.2 Å². The van der Waals surface area contributed by atoms with E-state index in [1.54, 1.807) is 4.90 Å². The minimum Gasteiger partial charge on any atom is -0.345 e. The van der Waals surface area contributed by atoms with E-state index >= 15 is 0 Å². The number of aromatic nitrogens is 2. The second kappa shape index (κ2) is 4.28. The molecule has 1 aliphatic heterocycles. The van der Waals surface area contributed by atoms with Gasteiger partial charge in [0.1, 0.15) is 0 Å². The monoisotopic (exact) mass is 271 g/mol. The maximum absolute atomic E-state index is 12.3. The summed E-state index contributed by atoms with van der Waals surface area (Å²) in [6, 6.07) is 0. The highest BCUT2D eigenvalue weighted by molar-refractivity contribution is 7.85. The molecule has 1 aromatic heterocycles. The van der Waals surface area contributed by atoms with Crippen molar-refractivity contribution in [2.45, 2.75) is 6.18 Å². The molecule has 0 radical (unpaired) electrons. The van der Waals surface area contributed by atoms with Crippen LogP contribution < -0.4 is 4.90 Å². The van der Waals surface area contributed by atoms with Crippen molar-refractivity contribution in [3.8, 4) is 0 Å². The van der Waals surface area contributed by atoms with E-state index in [-0.39, 0.29) is 5.13 Å². The van der Waals surface area contributed by atoms with Gasteiger partial charge in [0.15, 0.2) is 0 Å². The summed E-state index contributed by atoms with van der Waals surface area (Å²) < 4.78 is 47.9. The second-order valence-electron chi connectivity index (χ2n) is 3.22. The Morgan fingerprint density at radius 1 is 1.25 bits per heavy atom. The number of anilines is 1. The highest BCUT2D eigenvalue weighted by Gasteiger charge is 2.36. The van der Waals surface area contributed by atoms with Gasteiger partial charge in [-0.25, -0.2) is 0 Å². The van der Waals surface area contributed by atoms with Crippen molar-refractivity contribution in [1.29, 1.82) is 0 Å². The van der Waals surface area contributed by atoms with Crippen molar-refractivity contribution in [1.82, 2.24) is 10.2 Å². The number of hydrogen-bond donors (Lipinski definition) is 0. The average molecular weight is 271 g/mol. The summed E-state index contributed by atoms with van der Waals surface area (Å²) in [5, 5.41) is 5.93. The van der Waals surface area contributed by atoms with Crippen LogP contribution in [0.25, 0.3) is 0 Å². The molecule has 0 saturated carbocycles. The molecule has 2 heterocycles. The first-order valence-corrected chi connectivity index (χ1v) is 6.78. The minimum atomic E-state index is -4.44. The van der Waals surface area contributed by atoms with Crippen LogP contribution in [0.3, 0.4) is 0 Å². The van der Waals surface area contributed by atoms with Crippen molar-refractivity contribution >= 4 is 27.3 Å². The lowest BCUT2D eigenvalue weighted by atomic mass is 10.5. The number of rotatable bonds is 1. The third-order valence-electron chi connectivity index (χ3n) is 2.11. The van der Waals surface area contributed by atoms with Crippen LogP contribution >= 0.6 is 11.3 Å². The Balaban J connectivity index is 2.10. The summed E-state index contributed by atoms with van der Waals surface area (Å²) in [5.41, 5.74) is 0. The second-order valence-corrected chi connectivity index (χ2v) is 5.87. The minimum absolute atomic E-state index is 0.254. The summed E-state index contributed by atoms with van der Waals surface area (Å²) in [6.45, 7) is 0.943. The fourth-order valence-electron chi connectivity index (χ4n) is 1.29. The third-order valence-corrected chi connectivity index (χ3v) is 4.41. The highest BCUT2D eigenvalue weighted by atomic mass is 32.2. The third kappa shape index (κ3) is 2.51. The molecular formula is C7H8F3N3OS2. The van der Waals surface area contributed by atoms with E-state index in [0.717, 1.165) is 0 Å². The van der Waals surface area contributed by atoms with Gasteiger partial charge in [0.2, 0.25) is 10.1 Å². The SMILES string of the molecule is O=S1CCN(c2nnc(C(F)(F)F)s2)CC1. The van der Waals surface area contributed by atoms with E-state index in [1.807, 2.05) is 0 Å². The molecule has 1 aromatic rings. The van der Waals surface area contributed by atoms with Crippen LogP contribution in [-0.2, 0) is 17.0 Å². The van der Waals surface area contributed by atoms with Gasteiger partial charge < -0.3 is 4.90 Å². The first kappa shape index (κ1) is 11.8. The Morgan fingerprint density at radius 3 is 2.38 bits per heavy atom. The molecule has 2 rings (SSSR count). The van der Waals surface area contributed by atoms with Gasteiger partial charge in [-0.05, 0) is 0 Å². The topological polar surface area (TPSA) is 46.1 Å². The fourth-order valence-corrected chi connectivity index (χ4v) is 3.10. The maximum Gasteiger partial charge on any atom is 0.445 e. The molecule has 16 heavy (non-hydrogen) atoms. The molecule has 1 fully saturated rings. The number of halogens is 3. The standard InChI is InChI=1S/C7H8F3N3OS2/c8-7(9,10)5-11-12-6(15-5)13-1-3-16(14)4-2-13/h1-4H2. The van der Waals surface area contributed by atoms with E-state index in [1.165, 1.54) is 0 Å². The predicted octanol–water partition coefficient (Wildman–Crippen LogP) is 1.13. The number of nitrogens with zero attached hydrogens (tertiary/aromatic N) is 3. The van der Waals surface area contributed by atoms with Crippen LogP contribution in [0.2, 0.25) is 0 Å². The van der Waals surface area contributed by atoms with Gasteiger partial charge in [-0.2, -0.15) is 13.2 Å². The molecule has 1 aliphatic rings. The molecular weight excluding hydrogens is 263 g/mol. The molecule has 90 valence electrons. The van der Waals surface area contributed by atoms with Gasteiger partial charge in [-0.15, -0.1) is 10.2 Å². The predicted molar refractivity (Wildman–Crippen MR) is 55.0 cm³/mol. The first-order chi connectivity index (χ1) is 7.47. The Bertz CT molecular complexity index is 396. The van der Waals surface area contributed by atoms with E-state index < -0.39 is 22.0 Å². The van der Waals surface area contributed by atoms with E-state index in [4.69, 9.17) is 0 Å². The fraction of sp³-hybridized carbons (Fsp3) is 0.714. The molecule has 0 bridgehead atoms. The summed E-state index contributed by atoms with van der Waals surface area (Å²) in [4.78, 5) is 1.69. The van der Waals surface area contributed by atoms with Gasteiger partial charge in [0, 0.05) is 35.4 Å². The van der Waals surface area contributed by atoms with Gasteiger partial charge in [0.25, 0.3) is 0 Å². The largest absolute Gasteiger partial charge is 0.445 e. The van der Waals surface area contributed by atoms with Crippen molar-refractivity contribution in [2.75, 3.05) is 29.5 Å². The number of alkyl halides is 3. The lowest BCUT2D eigenvalue weighted by Crippen LogP contribution is -2.37. The summed E-state index contributed by atoms with van der Waals surface area (Å²) >= 11 is 0.527. The lowest BCUT2D eigenvalue weighted by Gasteiger charge is -2.24. The quantitative estimate of drug-likeness (QED) is 0.768. The van der Waals surface area contributed by atoms with Gasteiger partial charge in [-0.1, -0.05) is 11.3 Å². The van der Waals surface area contributed by atoms with Crippen LogP contribution in [0.1, 0.15) is 5.01 Å². The summed E-state index contributed by atoms with van der Waals surface area (Å²) in [5.74, 6) is 0.946. The summed E-state index contributed by atoms with van der Waals surface area (Å²) in [7, 11) is -0.852. The molecule has 1 saturated heterocycles. The zero-order valence-corrected chi connectivity index (χ0v) is 9.66. The zero-order valence-electron chi connectivity index (χ0n) is 8.03. The van der Waals surface area contributed by atoms with Gasteiger partial charge >= 0.3 is 6.18 Å². The van der Waals surface area contributed by atoms with E-state index in [9.17, 15) is 17.4 Å². The van der Waals surface area contributed by atoms with Crippen molar-refractivity contribution in [2.24, 2.45) is 0 Å². The molecule has 4 nitrogen and oxygen atoms in total. The van der Waals surface area contributed by atoms with Crippen LogP contribution in [0.4, 0.5) is 18.3 Å². The van der Waals surface area contributed by atoms with Crippen LogP contribution in [0.15, 0.2) is 0 Å². The van der Waals surface area contributed by atoms with Crippen molar-refractivity contribution in [3.05, 3.63) is 5.01 Å². The molecule has 0 aromatic carbocycles. The maximum atomic E-state index is 12.3. The smallest absolute Gasteiger partial charge is 0.345 e. The Morgan fingerprint density at radius 2 is 1.88 bits per heavy atom. The molecule has 0 amide bonds. The Labute approximate surface area is 95.9 Å². The normalized spacial score (nSPS) is 19.1. The molecule has 0 unspecified atom stereocenters. The van der Waals surface area contributed by atoms with Crippen LogP contribution in [0.5, 0.6) is 0 Å². The molecule has 0 atom stereocenters. The zero-order chi connectivity index (χ0) is 11.8. The molecule has 0 N–H and O–H groups in total. The molecule has 0 aliphatic carbocycles. The van der Waals surface area contributed by atoms with Gasteiger partial charge in [0.05, 0.1) is 0 Å². The Kier molecular flexibility index (Phi) is 3.15. The Hall–Kier alpha value is -0.700. The van der Waals surface area contributed by atoms with Crippen LogP contribution in [-0.4, -0.2) is 39.0 Å². The van der Waals surface area contributed by atoms with Crippen molar-refractivity contribution in [3.63, 3.8) is 0 Å². The van der Waals surface area contributed by atoms with E-state index in [0.29, 0.717) is 35.9 Å². The number of hydrogen-bond acceptors (Lipinski definition) is 5. The first-order valence-electron chi connectivity index (χ1n) is 4.47.